The Kier molecular flexibility index (Phi) is 3.82. The standard InChI is InChI=1S/C10H9N2O3P/c11-6-9(7-12)10(16(13,14)15)8-4-2-1-3-5-8/h1-5,9-10H,(H2,13,14,15). The van der Waals surface area contributed by atoms with Gasteiger partial charge in [0, 0.05) is 0 Å². The van der Waals surface area contributed by atoms with E-state index in [1.807, 2.05) is 0 Å². The van der Waals surface area contributed by atoms with E-state index in [1.165, 1.54) is 12.1 Å². The summed E-state index contributed by atoms with van der Waals surface area (Å²) in [6.45, 7) is 0. The summed E-state index contributed by atoms with van der Waals surface area (Å²) in [6, 6.07) is 11.1. The molecule has 0 aliphatic carbocycles. The van der Waals surface area contributed by atoms with Gasteiger partial charge in [-0.15, -0.1) is 0 Å². The van der Waals surface area contributed by atoms with Crippen molar-refractivity contribution in [2.75, 3.05) is 0 Å². The maximum atomic E-state index is 11.3. The van der Waals surface area contributed by atoms with Gasteiger partial charge in [-0.05, 0) is 5.56 Å². The van der Waals surface area contributed by atoms with Crippen molar-refractivity contribution in [3.8, 4) is 12.1 Å². The molecule has 0 saturated carbocycles. The van der Waals surface area contributed by atoms with Crippen LogP contribution in [0.2, 0.25) is 0 Å². The molecule has 0 bridgehead atoms. The highest BCUT2D eigenvalue weighted by Crippen LogP contribution is 2.55. The molecule has 82 valence electrons. The molecule has 5 nitrogen and oxygen atoms in total. The molecule has 1 unspecified atom stereocenters. The highest BCUT2D eigenvalue weighted by molar-refractivity contribution is 7.52. The first-order valence-corrected chi connectivity index (χ1v) is 6.08. The van der Waals surface area contributed by atoms with Gasteiger partial charge in [0.25, 0.3) is 0 Å². The second-order valence-electron chi connectivity index (χ2n) is 3.18. The van der Waals surface area contributed by atoms with Crippen LogP contribution in [0, 0.1) is 28.6 Å². The Balaban J connectivity index is 3.25. The molecule has 1 atom stereocenters. The minimum absolute atomic E-state index is 0.295. The summed E-state index contributed by atoms with van der Waals surface area (Å²) in [7, 11) is -4.53. The van der Waals surface area contributed by atoms with E-state index in [2.05, 4.69) is 0 Å². The van der Waals surface area contributed by atoms with E-state index in [0.29, 0.717) is 5.56 Å². The van der Waals surface area contributed by atoms with E-state index in [4.69, 9.17) is 10.5 Å². The first kappa shape index (κ1) is 12.4. The van der Waals surface area contributed by atoms with Crippen molar-refractivity contribution in [2.24, 2.45) is 5.92 Å². The van der Waals surface area contributed by atoms with Crippen LogP contribution in [0.5, 0.6) is 0 Å². The minimum Gasteiger partial charge on any atom is -0.324 e. The van der Waals surface area contributed by atoms with Crippen LogP contribution in [-0.2, 0) is 4.57 Å². The zero-order valence-corrected chi connectivity index (χ0v) is 9.08. The van der Waals surface area contributed by atoms with Gasteiger partial charge in [-0.25, -0.2) is 0 Å². The third-order valence-corrected chi connectivity index (χ3v) is 3.42. The Hall–Kier alpha value is -1.65. The summed E-state index contributed by atoms with van der Waals surface area (Å²) in [5.74, 6) is -1.36. The Morgan fingerprint density at radius 1 is 1.12 bits per heavy atom. The van der Waals surface area contributed by atoms with Crippen LogP contribution in [0.15, 0.2) is 30.3 Å². The lowest BCUT2D eigenvalue weighted by Crippen LogP contribution is -2.10. The number of nitrogens with zero attached hydrogens (tertiary/aromatic N) is 2. The van der Waals surface area contributed by atoms with Crippen molar-refractivity contribution in [1.29, 1.82) is 10.5 Å². The third kappa shape index (κ3) is 2.68. The molecule has 1 aromatic rings. The van der Waals surface area contributed by atoms with Gasteiger partial charge in [-0.2, -0.15) is 10.5 Å². The normalized spacial score (nSPS) is 12.8. The number of hydrogen-bond acceptors (Lipinski definition) is 3. The molecule has 0 heterocycles. The topological polar surface area (TPSA) is 105 Å². The molecule has 0 aromatic heterocycles. The van der Waals surface area contributed by atoms with Crippen molar-refractivity contribution in [3.05, 3.63) is 35.9 Å². The quantitative estimate of drug-likeness (QED) is 0.775. The molecule has 0 aliphatic rings. The van der Waals surface area contributed by atoms with Crippen LogP contribution in [0.25, 0.3) is 0 Å². The number of nitriles is 2. The summed E-state index contributed by atoms with van der Waals surface area (Å²) in [5, 5.41) is 17.4. The molecule has 0 aliphatic heterocycles. The van der Waals surface area contributed by atoms with Crippen molar-refractivity contribution in [2.45, 2.75) is 5.66 Å². The zero-order valence-electron chi connectivity index (χ0n) is 8.19. The van der Waals surface area contributed by atoms with Gasteiger partial charge in [0.2, 0.25) is 0 Å². The van der Waals surface area contributed by atoms with Gasteiger partial charge in [-0.3, -0.25) is 4.57 Å². The lowest BCUT2D eigenvalue weighted by atomic mass is 10.0. The van der Waals surface area contributed by atoms with Gasteiger partial charge in [0.1, 0.15) is 5.66 Å². The number of hydrogen-bond donors (Lipinski definition) is 2. The molecular formula is C10H9N2O3P. The molecule has 16 heavy (non-hydrogen) atoms. The lowest BCUT2D eigenvalue weighted by Gasteiger charge is -2.18. The van der Waals surface area contributed by atoms with Gasteiger partial charge < -0.3 is 9.79 Å². The Labute approximate surface area is 92.7 Å². The van der Waals surface area contributed by atoms with Crippen LogP contribution in [0.3, 0.4) is 0 Å². The first-order valence-electron chi connectivity index (χ1n) is 4.40. The fourth-order valence-corrected chi connectivity index (χ4v) is 2.48. The van der Waals surface area contributed by atoms with E-state index in [0.717, 1.165) is 0 Å². The number of rotatable bonds is 3. The Bertz CT molecular complexity index is 469. The molecule has 0 radical (unpaired) electrons. The van der Waals surface area contributed by atoms with Crippen molar-refractivity contribution in [1.82, 2.24) is 0 Å². The van der Waals surface area contributed by atoms with Crippen molar-refractivity contribution >= 4 is 7.60 Å². The average molecular weight is 236 g/mol. The molecular weight excluding hydrogens is 227 g/mol. The fourth-order valence-electron chi connectivity index (χ4n) is 1.40. The summed E-state index contributed by atoms with van der Waals surface area (Å²) < 4.78 is 11.3. The molecule has 0 fully saturated rings. The predicted molar refractivity (Wildman–Crippen MR) is 55.9 cm³/mol. The molecule has 0 saturated heterocycles. The molecule has 0 spiro atoms. The SMILES string of the molecule is N#CC(C#N)C(c1ccccc1)P(=O)(O)O. The van der Waals surface area contributed by atoms with Gasteiger partial charge in [-0.1, -0.05) is 30.3 Å². The third-order valence-electron chi connectivity index (χ3n) is 2.10. The van der Waals surface area contributed by atoms with Gasteiger partial charge in [0.15, 0.2) is 5.92 Å². The lowest BCUT2D eigenvalue weighted by molar-refractivity contribution is 0.353. The number of benzene rings is 1. The van der Waals surface area contributed by atoms with Crippen LogP contribution in [0.4, 0.5) is 0 Å². The Morgan fingerprint density at radius 2 is 1.62 bits per heavy atom. The largest absolute Gasteiger partial charge is 0.335 e. The minimum atomic E-state index is -4.53. The molecule has 1 aromatic carbocycles. The second-order valence-corrected chi connectivity index (χ2v) is 4.92. The first-order chi connectivity index (χ1) is 7.50. The second kappa shape index (κ2) is 4.92. The van der Waals surface area contributed by atoms with E-state index >= 15 is 0 Å². The van der Waals surface area contributed by atoms with Crippen LogP contribution in [0.1, 0.15) is 11.2 Å². The maximum absolute atomic E-state index is 11.3. The molecule has 2 N–H and O–H groups in total. The van der Waals surface area contributed by atoms with Crippen LogP contribution >= 0.6 is 7.60 Å². The van der Waals surface area contributed by atoms with E-state index in [-0.39, 0.29) is 0 Å². The average Bonchev–Trinajstić information content (AvgIpc) is 2.25. The predicted octanol–water partition coefficient (Wildman–Crippen LogP) is 1.57. The monoisotopic (exact) mass is 236 g/mol. The van der Waals surface area contributed by atoms with Crippen LogP contribution < -0.4 is 0 Å². The smallest absolute Gasteiger partial charge is 0.324 e. The summed E-state index contributed by atoms with van der Waals surface area (Å²) >= 11 is 0. The van der Waals surface area contributed by atoms with E-state index in [9.17, 15) is 14.4 Å². The van der Waals surface area contributed by atoms with Crippen molar-refractivity contribution in [3.63, 3.8) is 0 Å². The highest BCUT2D eigenvalue weighted by atomic mass is 31.2. The van der Waals surface area contributed by atoms with Crippen molar-refractivity contribution < 1.29 is 14.4 Å². The summed E-state index contributed by atoms with van der Waals surface area (Å²) in [4.78, 5) is 18.3. The molecule has 6 heteroatoms. The highest BCUT2D eigenvalue weighted by Gasteiger charge is 2.37. The van der Waals surface area contributed by atoms with Gasteiger partial charge >= 0.3 is 7.60 Å². The molecule has 0 amide bonds. The van der Waals surface area contributed by atoms with E-state index < -0.39 is 19.2 Å². The molecule has 1 rings (SSSR count). The van der Waals surface area contributed by atoms with E-state index in [1.54, 1.807) is 30.3 Å². The maximum Gasteiger partial charge on any atom is 0.335 e. The summed E-state index contributed by atoms with van der Waals surface area (Å²) in [6.07, 6.45) is 0. The van der Waals surface area contributed by atoms with Gasteiger partial charge in [0.05, 0.1) is 12.1 Å². The van der Waals surface area contributed by atoms with Crippen LogP contribution in [-0.4, -0.2) is 9.79 Å². The fraction of sp³-hybridized carbons (Fsp3) is 0.200. The summed E-state index contributed by atoms with van der Waals surface area (Å²) in [5.41, 5.74) is -1.09. The Morgan fingerprint density at radius 3 is 2.00 bits per heavy atom. The zero-order chi connectivity index (χ0) is 12.2.